The van der Waals surface area contributed by atoms with Crippen LogP contribution in [0.3, 0.4) is 0 Å². The molecule has 1 aromatic heterocycles. The quantitative estimate of drug-likeness (QED) is 0.623. The number of esters is 1. The fourth-order valence-corrected chi connectivity index (χ4v) is 2.59. The number of hydrogen-bond donors (Lipinski definition) is 1. The van der Waals surface area contributed by atoms with E-state index in [0.717, 1.165) is 10.0 Å². The smallest absolute Gasteiger partial charge is 0.325 e. The van der Waals surface area contributed by atoms with Gasteiger partial charge < -0.3 is 14.5 Å². The van der Waals surface area contributed by atoms with Crippen molar-refractivity contribution in [2.24, 2.45) is 0 Å². The number of carbonyl (C=O) groups is 2. The first-order valence-corrected chi connectivity index (χ1v) is 8.60. The molecular formula is C19H15BrN2O4. The molecule has 0 radical (unpaired) electrons. The molecule has 1 N–H and O–H groups in total. The fourth-order valence-electron chi connectivity index (χ4n) is 2.19. The second-order valence-corrected chi connectivity index (χ2v) is 6.25. The number of ether oxygens (including phenoxy) is 1. The van der Waals surface area contributed by atoms with Crippen LogP contribution in [0.5, 0.6) is 0 Å². The van der Waals surface area contributed by atoms with Crippen molar-refractivity contribution in [2.45, 2.75) is 6.61 Å². The first-order valence-electron chi connectivity index (χ1n) is 7.81. The van der Waals surface area contributed by atoms with E-state index in [1.165, 1.54) is 0 Å². The van der Waals surface area contributed by atoms with Crippen LogP contribution < -0.4 is 5.32 Å². The molecule has 0 unspecified atom stereocenters. The number of nitrogens with zero attached hydrogens (tertiary/aromatic N) is 1. The highest BCUT2D eigenvalue weighted by Gasteiger charge is 2.11. The molecule has 1 heterocycles. The Kier molecular flexibility index (Phi) is 5.80. The standard InChI is InChI=1S/C19H15BrN2O4/c20-15-8-4-7-14(9-15)19(24)22-11-18(23)25-12-17-21-10-16(26-17)13-5-2-1-3-6-13/h1-10H,11-12H2,(H,22,24). The molecule has 3 aromatic rings. The monoisotopic (exact) mass is 414 g/mol. The molecule has 132 valence electrons. The third-order valence-corrected chi connectivity index (χ3v) is 3.94. The normalized spacial score (nSPS) is 10.3. The largest absolute Gasteiger partial charge is 0.454 e. The van der Waals surface area contributed by atoms with E-state index in [9.17, 15) is 9.59 Å². The van der Waals surface area contributed by atoms with Crippen LogP contribution in [-0.2, 0) is 16.1 Å². The molecule has 0 aliphatic rings. The maximum Gasteiger partial charge on any atom is 0.325 e. The second-order valence-electron chi connectivity index (χ2n) is 5.34. The van der Waals surface area contributed by atoms with Crippen LogP contribution in [0, 0.1) is 0 Å². The van der Waals surface area contributed by atoms with Crippen molar-refractivity contribution in [1.29, 1.82) is 0 Å². The second kappa shape index (κ2) is 8.44. The summed E-state index contributed by atoms with van der Waals surface area (Å²) in [5.41, 5.74) is 1.34. The first-order chi connectivity index (χ1) is 12.6. The van der Waals surface area contributed by atoms with E-state index in [-0.39, 0.29) is 24.9 Å². The van der Waals surface area contributed by atoms with E-state index in [0.29, 0.717) is 11.3 Å². The number of hydrogen-bond acceptors (Lipinski definition) is 5. The highest BCUT2D eigenvalue weighted by atomic mass is 79.9. The van der Waals surface area contributed by atoms with Crippen molar-refractivity contribution in [2.75, 3.05) is 6.54 Å². The van der Waals surface area contributed by atoms with E-state index in [1.807, 2.05) is 36.4 Å². The number of benzene rings is 2. The molecule has 0 aliphatic heterocycles. The Bertz CT molecular complexity index is 909. The lowest BCUT2D eigenvalue weighted by molar-refractivity contribution is -0.144. The van der Waals surface area contributed by atoms with Gasteiger partial charge in [-0.15, -0.1) is 0 Å². The molecule has 0 spiro atoms. The topological polar surface area (TPSA) is 81.4 Å². The molecule has 0 saturated carbocycles. The third-order valence-electron chi connectivity index (χ3n) is 3.45. The zero-order valence-corrected chi connectivity index (χ0v) is 15.2. The Hall–Kier alpha value is -2.93. The van der Waals surface area contributed by atoms with Gasteiger partial charge in [0.15, 0.2) is 12.4 Å². The minimum absolute atomic E-state index is 0.0988. The molecule has 3 rings (SSSR count). The van der Waals surface area contributed by atoms with Gasteiger partial charge in [-0.2, -0.15) is 0 Å². The lowest BCUT2D eigenvalue weighted by atomic mass is 10.2. The minimum Gasteiger partial charge on any atom is -0.454 e. The predicted molar refractivity (Wildman–Crippen MR) is 98.2 cm³/mol. The van der Waals surface area contributed by atoms with Crippen LogP contribution in [0.2, 0.25) is 0 Å². The fraction of sp³-hybridized carbons (Fsp3) is 0.105. The Labute approximate surface area is 158 Å². The summed E-state index contributed by atoms with van der Waals surface area (Å²) in [6.45, 7) is -0.337. The highest BCUT2D eigenvalue weighted by Crippen LogP contribution is 2.20. The van der Waals surface area contributed by atoms with Gasteiger partial charge in [0.1, 0.15) is 6.54 Å². The van der Waals surface area contributed by atoms with Crippen molar-refractivity contribution >= 4 is 27.8 Å². The molecule has 0 fully saturated rings. The summed E-state index contributed by atoms with van der Waals surface area (Å²) in [7, 11) is 0. The van der Waals surface area contributed by atoms with Crippen molar-refractivity contribution < 1.29 is 18.7 Å². The van der Waals surface area contributed by atoms with Crippen molar-refractivity contribution in [3.05, 3.63) is 76.7 Å². The molecule has 7 heteroatoms. The van der Waals surface area contributed by atoms with Crippen molar-refractivity contribution in [3.8, 4) is 11.3 Å². The summed E-state index contributed by atoms with van der Waals surface area (Å²) >= 11 is 3.29. The minimum atomic E-state index is -0.576. The van der Waals surface area contributed by atoms with E-state index in [2.05, 4.69) is 26.2 Å². The maximum absolute atomic E-state index is 12.0. The van der Waals surface area contributed by atoms with Crippen LogP contribution in [0.25, 0.3) is 11.3 Å². The SMILES string of the molecule is O=C(CNC(=O)c1cccc(Br)c1)OCc1ncc(-c2ccccc2)o1. The lowest BCUT2D eigenvalue weighted by Gasteiger charge is -2.05. The van der Waals surface area contributed by atoms with Crippen LogP contribution in [-0.4, -0.2) is 23.4 Å². The molecule has 26 heavy (non-hydrogen) atoms. The zero-order valence-electron chi connectivity index (χ0n) is 13.6. The van der Waals surface area contributed by atoms with Gasteiger partial charge in [0.25, 0.3) is 5.91 Å². The molecule has 0 aliphatic carbocycles. The van der Waals surface area contributed by atoms with Gasteiger partial charge in [0.2, 0.25) is 5.89 Å². The summed E-state index contributed by atoms with van der Waals surface area (Å²) in [6, 6.07) is 16.4. The molecular weight excluding hydrogens is 400 g/mol. The number of halogens is 1. The number of amides is 1. The number of carbonyl (C=O) groups excluding carboxylic acids is 2. The molecule has 2 aromatic carbocycles. The van der Waals surface area contributed by atoms with Gasteiger partial charge in [-0.3, -0.25) is 9.59 Å². The molecule has 6 nitrogen and oxygen atoms in total. The van der Waals surface area contributed by atoms with Gasteiger partial charge in [-0.05, 0) is 18.2 Å². The Balaban J connectivity index is 1.47. The van der Waals surface area contributed by atoms with Crippen LogP contribution >= 0.6 is 15.9 Å². The average Bonchev–Trinajstić information content (AvgIpc) is 3.14. The van der Waals surface area contributed by atoms with Gasteiger partial charge in [0.05, 0.1) is 6.20 Å². The van der Waals surface area contributed by atoms with E-state index >= 15 is 0 Å². The molecule has 0 bridgehead atoms. The van der Waals surface area contributed by atoms with Crippen molar-refractivity contribution in [1.82, 2.24) is 10.3 Å². The summed E-state index contributed by atoms with van der Waals surface area (Å²) < 4.78 is 11.4. The van der Waals surface area contributed by atoms with Crippen molar-refractivity contribution in [3.63, 3.8) is 0 Å². The predicted octanol–water partition coefficient (Wildman–Crippen LogP) is 3.58. The van der Waals surface area contributed by atoms with Crippen LogP contribution in [0.4, 0.5) is 0 Å². The molecule has 1 amide bonds. The van der Waals surface area contributed by atoms with E-state index < -0.39 is 5.97 Å². The van der Waals surface area contributed by atoms with Crippen LogP contribution in [0.1, 0.15) is 16.2 Å². The van der Waals surface area contributed by atoms with Crippen LogP contribution in [0.15, 0.2) is 69.7 Å². The van der Waals surface area contributed by atoms with Gasteiger partial charge >= 0.3 is 5.97 Å². The number of oxazole rings is 1. The van der Waals surface area contributed by atoms with E-state index in [4.69, 9.17) is 9.15 Å². The number of nitrogens with one attached hydrogen (secondary N) is 1. The Morgan fingerprint density at radius 3 is 2.69 bits per heavy atom. The summed E-state index contributed by atoms with van der Waals surface area (Å²) in [5.74, 6) is -0.0475. The Morgan fingerprint density at radius 2 is 1.92 bits per heavy atom. The van der Waals surface area contributed by atoms with E-state index in [1.54, 1.807) is 24.4 Å². The summed E-state index contributed by atoms with van der Waals surface area (Å²) in [6.07, 6.45) is 1.58. The van der Waals surface area contributed by atoms with Gasteiger partial charge in [0, 0.05) is 15.6 Å². The Morgan fingerprint density at radius 1 is 1.12 bits per heavy atom. The zero-order chi connectivity index (χ0) is 18.4. The number of aromatic nitrogens is 1. The summed E-state index contributed by atoms with van der Waals surface area (Å²) in [5, 5.41) is 2.51. The van der Waals surface area contributed by atoms with Gasteiger partial charge in [-0.1, -0.05) is 52.3 Å². The molecule has 0 atom stereocenters. The average molecular weight is 415 g/mol. The first kappa shape index (κ1) is 17.9. The summed E-state index contributed by atoms with van der Waals surface area (Å²) in [4.78, 5) is 27.8. The third kappa shape index (κ3) is 4.80. The van der Waals surface area contributed by atoms with Gasteiger partial charge in [-0.25, -0.2) is 4.98 Å². The lowest BCUT2D eigenvalue weighted by Crippen LogP contribution is -2.30. The number of rotatable bonds is 6. The highest BCUT2D eigenvalue weighted by molar-refractivity contribution is 9.10. The molecule has 0 saturated heterocycles. The maximum atomic E-state index is 12.0.